The van der Waals surface area contributed by atoms with E-state index in [1.807, 2.05) is 0 Å². The third-order valence-electron chi connectivity index (χ3n) is 1.28. The van der Waals surface area contributed by atoms with Crippen LogP contribution < -0.4 is 5.73 Å². The first-order valence-corrected chi connectivity index (χ1v) is 4.19. The Balaban J connectivity index is 0. The summed E-state index contributed by atoms with van der Waals surface area (Å²) in [6.45, 7) is 3.91. The Hall–Kier alpha value is 0.536. The molecule has 0 amide bonds. The van der Waals surface area contributed by atoms with Gasteiger partial charge in [-0.1, -0.05) is 0 Å². The van der Waals surface area contributed by atoms with E-state index >= 15 is 0 Å². The Kier molecular flexibility index (Phi) is 12.2. The minimum absolute atomic E-state index is 0. The van der Waals surface area contributed by atoms with E-state index in [0.29, 0.717) is 0 Å². The summed E-state index contributed by atoms with van der Waals surface area (Å²) in [6, 6.07) is -0.918. The number of nitrogens with two attached hydrogens (primary N) is 1. The molecule has 0 fully saturated rings. The maximum absolute atomic E-state index is 10.9. The Labute approximate surface area is 126 Å². The summed E-state index contributed by atoms with van der Waals surface area (Å²) in [7, 11) is 0. The molecule has 6 heteroatoms. The number of hydrogen-bond acceptors (Lipinski definition) is 5. The van der Waals surface area contributed by atoms with Crippen molar-refractivity contribution < 1.29 is 19.1 Å². The molecule has 0 bridgehead atoms. The fourth-order valence-electron chi connectivity index (χ4n) is 0.732. The molecule has 5 nitrogen and oxygen atoms in total. The van der Waals surface area contributed by atoms with Crippen molar-refractivity contribution in [2.24, 2.45) is 5.73 Å². The number of esters is 2. The molecular formula is C8H15KNO4. The number of carbonyl (C=O) groups is 2. The van der Waals surface area contributed by atoms with Crippen molar-refractivity contribution in [3.63, 3.8) is 0 Å². The number of rotatable bonds is 5. The van der Waals surface area contributed by atoms with Crippen LogP contribution in [0.2, 0.25) is 0 Å². The monoisotopic (exact) mass is 228 g/mol. The summed E-state index contributed by atoms with van der Waals surface area (Å²) in [5.41, 5.74) is 5.36. The quantitative estimate of drug-likeness (QED) is 0.504. The molecule has 77 valence electrons. The smallest absolute Gasteiger partial charge is 0.323 e. The first kappa shape index (κ1) is 16.9. The predicted octanol–water partition coefficient (Wildman–Crippen LogP) is -0.551. The van der Waals surface area contributed by atoms with E-state index < -0.39 is 18.0 Å². The van der Waals surface area contributed by atoms with Gasteiger partial charge in [-0.15, -0.1) is 0 Å². The molecule has 0 aliphatic carbocycles. The van der Waals surface area contributed by atoms with Gasteiger partial charge in [-0.05, 0) is 13.8 Å². The van der Waals surface area contributed by atoms with Crippen LogP contribution in [0.4, 0.5) is 0 Å². The normalized spacial score (nSPS) is 11.1. The van der Waals surface area contributed by atoms with Gasteiger partial charge >= 0.3 is 11.9 Å². The van der Waals surface area contributed by atoms with Crippen LogP contribution in [0.25, 0.3) is 0 Å². The first-order valence-electron chi connectivity index (χ1n) is 4.19. The molecule has 0 saturated heterocycles. The van der Waals surface area contributed by atoms with E-state index in [2.05, 4.69) is 9.47 Å². The molecule has 0 saturated carbocycles. The second kappa shape index (κ2) is 10.1. The first-order chi connectivity index (χ1) is 6.11. The third kappa shape index (κ3) is 7.90. The van der Waals surface area contributed by atoms with Gasteiger partial charge in [-0.2, -0.15) is 0 Å². The van der Waals surface area contributed by atoms with Crippen molar-refractivity contribution in [1.82, 2.24) is 0 Å². The van der Waals surface area contributed by atoms with Crippen LogP contribution >= 0.6 is 0 Å². The van der Waals surface area contributed by atoms with Crippen molar-refractivity contribution in [2.45, 2.75) is 26.3 Å². The van der Waals surface area contributed by atoms with Crippen molar-refractivity contribution >= 4 is 63.3 Å². The minimum atomic E-state index is -0.918. The molecule has 0 rings (SSSR count). The zero-order valence-corrected chi connectivity index (χ0v) is 12.0. The molecule has 1 radical (unpaired) electrons. The average molecular weight is 228 g/mol. The van der Waals surface area contributed by atoms with Gasteiger partial charge in [0.05, 0.1) is 19.6 Å². The molecule has 0 aliphatic rings. The molecule has 1 atom stereocenters. The zero-order chi connectivity index (χ0) is 10.3. The van der Waals surface area contributed by atoms with E-state index in [-0.39, 0.29) is 71.0 Å². The summed E-state index contributed by atoms with van der Waals surface area (Å²) < 4.78 is 9.23. The van der Waals surface area contributed by atoms with Gasteiger partial charge in [0.25, 0.3) is 0 Å². The summed E-state index contributed by atoms with van der Waals surface area (Å²) in [5.74, 6) is -1.06. The Morgan fingerprint density at radius 3 is 2.14 bits per heavy atom. The van der Waals surface area contributed by atoms with Crippen LogP contribution in [0.5, 0.6) is 0 Å². The van der Waals surface area contributed by atoms with Crippen LogP contribution in [-0.4, -0.2) is 82.6 Å². The Morgan fingerprint density at radius 1 is 1.21 bits per heavy atom. The summed E-state index contributed by atoms with van der Waals surface area (Å²) >= 11 is 0. The second-order valence-corrected chi connectivity index (χ2v) is 2.37. The molecule has 2 N–H and O–H groups in total. The second-order valence-electron chi connectivity index (χ2n) is 2.37. The van der Waals surface area contributed by atoms with E-state index in [0.717, 1.165) is 0 Å². The minimum Gasteiger partial charge on any atom is -0.466 e. The van der Waals surface area contributed by atoms with Crippen LogP contribution in [0, 0.1) is 0 Å². The Morgan fingerprint density at radius 2 is 1.71 bits per heavy atom. The van der Waals surface area contributed by atoms with E-state index in [4.69, 9.17) is 5.73 Å². The van der Waals surface area contributed by atoms with Gasteiger partial charge in [-0.3, -0.25) is 9.59 Å². The molecular weight excluding hydrogens is 213 g/mol. The van der Waals surface area contributed by atoms with Crippen LogP contribution in [0.3, 0.4) is 0 Å². The summed E-state index contributed by atoms with van der Waals surface area (Å²) in [6.07, 6.45) is -0.132. The van der Waals surface area contributed by atoms with Gasteiger partial charge in [0, 0.05) is 51.4 Å². The number of ether oxygens (including phenoxy) is 2. The maximum atomic E-state index is 10.9. The van der Waals surface area contributed by atoms with E-state index in [9.17, 15) is 9.59 Å². The molecule has 14 heavy (non-hydrogen) atoms. The van der Waals surface area contributed by atoms with Crippen molar-refractivity contribution in [1.29, 1.82) is 0 Å². The van der Waals surface area contributed by atoms with Gasteiger partial charge < -0.3 is 15.2 Å². The molecule has 0 aliphatic heterocycles. The summed E-state index contributed by atoms with van der Waals surface area (Å²) in [4.78, 5) is 21.8. The number of carbonyl (C=O) groups excluding carboxylic acids is 2. The molecule has 0 unspecified atom stereocenters. The topological polar surface area (TPSA) is 78.6 Å². The fraction of sp³-hybridized carbons (Fsp3) is 0.750. The molecule has 0 aromatic heterocycles. The standard InChI is InChI=1S/C8H15NO4.K/c1-3-12-7(10)5-6(9)8(11)13-4-2;/h6H,3-5,9H2,1-2H3;/t6-;/m0./s1. The molecule has 0 aromatic rings. The molecule has 0 heterocycles. The largest absolute Gasteiger partial charge is 0.466 e. The zero-order valence-electron chi connectivity index (χ0n) is 8.91. The van der Waals surface area contributed by atoms with E-state index in [1.165, 1.54) is 0 Å². The van der Waals surface area contributed by atoms with Crippen molar-refractivity contribution in [2.75, 3.05) is 13.2 Å². The van der Waals surface area contributed by atoms with Gasteiger partial charge in [0.1, 0.15) is 6.04 Å². The fourth-order valence-corrected chi connectivity index (χ4v) is 0.732. The molecule has 0 spiro atoms. The number of hydrogen-bond donors (Lipinski definition) is 1. The summed E-state index contributed by atoms with van der Waals surface area (Å²) in [5, 5.41) is 0. The Bertz CT molecular complexity index is 186. The molecule has 0 aromatic carbocycles. The van der Waals surface area contributed by atoms with Crippen LogP contribution in [0.15, 0.2) is 0 Å². The SMILES string of the molecule is CCOC(=O)C[C@H](N)C(=O)OCC.[K]. The predicted molar refractivity (Wildman–Crippen MR) is 51.6 cm³/mol. The van der Waals surface area contributed by atoms with Crippen molar-refractivity contribution in [3.05, 3.63) is 0 Å². The van der Waals surface area contributed by atoms with Gasteiger partial charge in [0.15, 0.2) is 0 Å². The van der Waals surface area contributed by atoms with Crippen molar-refractivity contribution in [3.8, 4) is 0 Å². The van der Waals surface area contributed by atoms with Gasteiger partial charge in [0.2, 0.25) is 0 Å². The van der Waals surface area contributed by atoms with E-state index in [1.54, 1.807) is 13.8 Å². The van der Waals surface area contributed by atoms with Gasteiger partial charge in [-0.25, -0.2) is 0 Å². The maximum Gasteiger partial charge on any atom is 0.323 e. The third-order valence-corrected chi connectivity index (χ3v) is 1.28. The van der Waals surface area contributed by atoms with Crippen LogP contribution in [-0.2, 0) is 19.1 Å². The average Bonchev–Trinajstić information content (AvgIpc) is 2.05. The van der Waals surface area contributed by atoms with Crippen LogP contribution in [0.1, 0.15) is 20.3 Å².